The third-order valence-corrected chi connectivity index (χ3v) is 1.57. The van der Waals surface area contributed by atoms with Gasteiger partial charge in [0.2, 0.25) is 0 Å². The fourth-order valence-corrected chi connectivity index (χ4v) is 0.931. The highest BCUT2D eigenvalue weighted by molar-refractivity contribution is 5.34. The molecule has 76 valence electrons. The van der Waals surface area contributed by atoms with Gasteiger partial charge in [0.15, 0.2) is 0 Å². The smallest absolute Gasteiger partial charge is 0.287 e. The molecular weight excluding hydrogens is 198 g/mol. The summed E-state index contributed by atoms with van der Waals surface area (Å²) < 4.78 is 24.4. The van der Waals surface area contributed by atoms with E-state index in [1.807, 2.05) is 0 Å². The first-order valence-electron chi connectivity index (χ1n) is 3.58. The predicted octanol–water partition coefficient (Wildman–Crippen LogP) is 1.42. The molecule has 0 aliphatic carbocycles. The van der Waals surface area contributed by atoms with Crippen LogP contribution in [0.4, 0.5) is 14.5 Å². The molecule has 5 nitrogen and oxygen atoms in total. The number of halogens is 2. The summed E-state index contributed by atoms with van der Waals surface area (Å²) in [6, 6.07) is 0.883. The molecule has 0 aliphatic rings. The number of alkyl halides is 2. The van der Waals surface area contributed by atoms with Gasteiger partial charge in [0.25, 0.3) is 12.1 Å². The minimum atomic E-state index is -2.85. The molecule has 1 rings (SSSR count). The van der Waals surface area contributed by atoms with E-state index in [4.69, 9.17) is 5.11 Å². The summed E-state index contributed by atoms with van der Waals surface area (Å²) in [5.74, 6) is 0. The maximum absolute atomic E-state index is 12.2. The molecule has 1 aromatic heterocycles. The molecule has 0 fully saturated rings. The lowest BCUT2D eigenvalue weighted by Gasteiger charge is -2.03. The SMILES string of the molecule is O=[N+]([O-])c1cnc(C(F)F)c(CO)c1. The van der Waals surface area contributed by atoms with Crippen molar-refractivity contribution in [3.63, 3.8) is 0 Å². The molecule has 0 aromatic carbocycles. The van der Waals surface area contributed by atoms with E-state index in [-0.39, 0.29) is 5.56 Å². The number of hydrogen-bond donors (Lipinski definition) is 1. The Labute approximate surface area is 77.2 Å². The molecule has 0 saturated heterocycles. The third-order valence-electron chi connectivity index (χ3n) is 1.57. The van der Waals surface area contributed by atoms with E-state index in [1.165, 1.54) is 0 Å². The van der Waals surface area contributed by atoms with Crippen LogP contribution < -0.4 is 0 Å². The normalized spacial score (nSPS) is 10.6. The minimum Gasteiger partial charge on any atom is -0.392 e. The average Bonchev–Trinajstić information content (AvgIpc) is 2.16. The molecule has 1 N–H and O–H groups in total. The second-order valence-corrected chi connectivity index (χ2v) is 2.45. The van der Waals surface area contributed by atoms with Crippen molar-refractivity contribution in [1.82, 2.24) is 4.98 Å². The minimum absolute atomic E-state index is 0.228. The number of aliphatic hydroxyl groups is 1. The van der Waals surface area contributed by atoms with Crippen LogP contribution in [-0.2, 0) is 6.61 Å². The Morgan fingerprint density at radius 3 is 2.71 bits per heavy atom. The van der Waals surface area contributed by atoms with Crippen LogP contribution >= 0.6 is 0 Å². The molecule has 0 atom stereocenters. The molecular formula is C7H6F2N2O3. The fourth-order valence-electron chi connectivity index (χ4n) is 0.931. The van der Waals surface area contributed by atoms with Crippen LogP contribution in [-0.4, -0.2) is 15.0 Å². The molecule has 0 unspecified atom stereocenters. The predicted molar refractivity (Wildman–Crippen MR) is 41.8 cm³/mol. The van der Waals surface area contributed by atoms with E-state index < -0.39 is 29.3 Å². The number of pyridine rings is 1. The van der Waals surface area contributed by atoms with Crippen molar-refractivity contribution in [3.05, 3.63) is 33.6 Å². The molecule has 0 bridgehead atoms. The first-order valence-corrected chi connectivity index (χ1v) is 3.58. The van der Waals surface area contributed by atoms with Gasteiger partial charge in [-0.2, -0.15) is 0 Å². The lowest BCUT2D eigenvalue weighted by Crippen LogP contribution is -2.00. The van der Waals surface area contributed by atoms with Gasteiger partial charge in [0.1, 0.15) is 11.9 Å². The molecule has 14 heavy (non-hydrogen) atoms. The van der Waals surface area contributed by atoms with Crippen LogP contribution in [0.3, 0.4) is 0 Å². The topological polar surface area (TPSA) is 76.3 Å². The van der Waals surface area contributed by atoms with E-state index in [9.17, 15) is 18.9 Å². The molecule has 0 radical (unpaired) electrons. The summed E-state index contributed by atoms with van der Waals surface area (Å²) >= 11 is 0. The van der Waals surface area contributed by atoms with Crippen LogP contribution in [0.1, 0.15) is 17.7 Å². The zero-order valence-electron chi connectivity index (χ0n) is 6.85. The van der Waals surface area contributed by atoms with Gasteiger partial charge in [-0.1, -0.05) is 0 Å². The summed E-state index contributed by atoms with van der Waals surface area (Å²) in [5, 5.41) is 18.9. The molecule has 1 heterocycles. The lowest BCUT2D eigenvalue weighted by molar-refractivity contribution is -0.385. The quantitative estimate of drug-likeness (QED) is 0.596. The average molecular weight is 204 g/mol. The number of aliphatic hydroxyl groups excluding tert-OH is 1. The van der Waals surface area contributed by atoms with E-state index >= 15 is 0 Å². The number of nitrogens with zero attached hydrogens (tertiary/aromatic N) is 2. The second-order valence-electron chi connectivity index (χ2n) is 2.45. The Bertz CT molecular complexity index is 357. The highest BCUT2D eigenvalue weighted by atomic mass is 19.3. The van der Waals surface area contributed by atoms with E-state index in [2.05, 4.69) is 4.98 Å². The number of hydrogen-bond acceptors (Lipinski definition) is 4. The van der Waals surface area contributed by atoms with Gasteiger partial charge in [-0.25, -0.2) is 13.8 Å². The van der Waals surface area contributed by atoms with Crippen molar-refractivity contribution in [2.24, 2.45) is 0 Å². The molecule has 1 aromatic rings. The van der Waals surface area contributed by atoms with Crippen LogP contribution in [0.15, 0.2) is 12.3 Å². The number of rotatable bonds is 3. The Kier molecular flexibility index (Phi) is 3.03. The highest BCUT2D eigenvalue weighted by Gasteiger charge is 2.17. The number of nitro groups is 1. The molecule has 0 aliphatic heterocycles. The maximum atomic E-state index is 12.2. The van der Waals surface area contributed by atoms with Gasteiger partial charge >= 0.3 is 0 Å². The first kappa shape index (κ1) is 10.5. The molecule has 0 spiro atoms. The fraction of sp³-hybridized carbons (Fsp3) is 0.286. The standard InChI is InChI=1S/C7H6F2N2O3/c8-7(9)6-4(3-12)1-5(2-10-6)11(13)14/h1-2,7,12H,3H2. The van der Waals surface area contributed by atoms with Crippen molar-refractivity contribution in [1.29, 1.82) is 0 Å². The third kappa shape index (κ3) is 1.99. The zero-order valence-corrected chi connectivity index (χ0v) is 6.85. The van der Waals surface area contributed by atoms with Crippen molar-refractivity contribution in [2.75, 3.05) is 0 Å². The van der Waals surface area contributed by atoms with E-state index in [1.54, 1.807) is 0 Å². The largest absolute Gasteiger partial charge is 0.392 e. The Hall–Kier alpha value is -1.63. The summed E-state index contributed by atoms with van der Waals surface area (Å²) in [6.45, 7) is -0.700. The Balaban J connectivity index is 3.18. The summed E-state index contributed by atoms with van der Waals surface area (Å²) in [5.41, 5.74) is -1.27. The number of aromatic nitrogens is 1. The van der Waals surface area contributed by atoms with Crippen LogP contribution in [0.5, 0.6) is 0 Å². The lowest BCUT2D eigenvalue weighted by atomic mass is 10.2. The summed E-state index contributed by atoms with van der Waals surface area (Å²) in [6.07, 6.45) is -2.11. The van der Waals surface area contributed by atoms with Crippen LogP contribution in [0.25, 0.3) is 0 Å². The monoisotopic (exact) mass is 204 g/mol. The van der Waals surface area contributed by atoms with Gasteiger partial charge in [0.05, 0.1) is 11.5 Å². The van der Waals surface area contributed by atoms with Gasteiger partial charge in [-0.05, 0) is 0 Å². The molecule has 0 amide bonds. The van der Waals surface area contributed by atoms with Gasteiger partial charge in [-0.3, -0.25) is 10.1 Å². The van der Waals surface area contributed by atoms with Crippen molar-refractivity contribution in [3.8, 4) is 0 Å². The van der Waals surface area contributed by atoms with Crippen molar-refractivity contribution < 1.29 is 18.8 Å². The van der Waals surface area contributed by atoms with Crippen molar-refractivity contribution >= 4 is 5.69 Å². The summed E-state index contributed by atoms with van der Waals surface area (Å²) in [7, 11) is 0. The van der Waals surface area contributed by atoms with Gasteiger partial charge in [-0.15, -0.1) is 0 Å². The van der Waals surface area contributed by atoms with Crippen molar-refractivity contribution in [2.45, 2.75) is 13.0 Å². The molecule has 0 saturated carbocycles. The first-order chi connectivity index (χ1) is 6.56. The zero-order chi connectivity index (χ0) is 10.7. The Morgan fingerprint density at radius 1 is 1.64 bits per heavy atom. The van der Waals surface area contributed by atoms with Crippen LogP contribution in [0.2, 0.25) is 0 Å². The summed E-state index contributed by atoms with van der Waals surface area (Å²) in [4.78, 5) is 12.7. The van der Waals surface area contributed by atoms with Gasteiger partial charge in [0, 0.05) is 11.6 Å². The Morgan fingerprint density at radius 2 is 2.29 bits per heavy atom. The maximum Gasteiger partial charge on any atom is 0.287 e. The second kappa shape index (κ2) is 4.05. The highest BCUT2D eigenvalue weighted by Crippen LogP contribution is 2.23. The van der Waals surface area contributed by atoms with Gasteiger partial charge < -0.3 is 5.11 Å². The van der Waals surface area contributed by atoms with E-state index in [0.29, 0.717) is 0 Å². The van der Waals surface area contributed by atoms with Crippen LogP contribution in [0, 0.1) is 10.1 Å². The molecule has 7 heteroatoms. The van der Waals surface area contributed by atoms with E-state index in [0.717, 1.165) is 12.3 Å².